The third-order valence-corrected chi connectivity index (χ3v) is 6.47. The van der Waals surface area contributed by atoms with Gasteiger partial charge >= 0.3 is 0 Å². The minimum Gasteiger partial charge on any atom is -0.327 e. The summed E-state index contributed by atoms with van der Waals surface area (Å²) in [6, 6.07) is 6.26. The molecule has 0 saturated heterocycles. The van der Waals surface area contributed by atoms with Crippen LogP contribution in [0.15, 0.2) is 31.0 Å². The average molecular weight is 451 g/mol. The van der Waals surface area contributed by atoms with E-state index in [9.17, 15) is 8.78 Å². The molecule has 0 bridgehead atoms. The molecular weight excluding hydrogens is 416 g/mol. The van der Waals surface area contributed by atoms with Crippen LogP contribution in [0.5, 0.6) is 0 Å². The van der Waals surface area contributed by atoms with Crippen LogP contribution in [0, 0.1) is 5.92 Å². The summed E-state index contributed by atoms with van der Waals surface area (Å²) in [5.74, 6) is -1.23. The van der Waals surface area contributed by atoms with E-state index in [2.05, 4.69) is 54.8 Å². The van der Waals surface area contributed by atoms with Crippen LogP contribution in [0.4, 0.5) is 14.5 Å². The van der Waals surface area contributed by atoms with Gasteiger partial charge in [-0.15, -0.1) is 0 Å². The summed E-state index contributed by atoms with van der Waals surface area (Å²) in [5.41, 5.74) is 2.89. The molecule has 3 rings (SSSR count). The number of aromatic nitrogens is 2. The number of alkyl halides is 2. The van der Waals surface area contributed by atoms with Crippen molar-refractivity contribution in [2.75, 3.05) is 18.4 Å². The van der Waals surface area contributed by atoms with E-state index >= 15 is 0 Å². The first-order valence-electron chi connectivity index (χ1n) is 10.7. The molecule has 8 heteroatoms. The van der Waals surface area contributed by atoms with E-state index in [-0.39, 0.29) is 24.2 Å². The van der Waals surface area contributed by atoms with Gasteiger partial charge in [-0.05, 0) is 37.0 Å². The average Bonchev–Trinajstić information content (AvgIpc) is 3.07. The largest absolute Gasteiger partial charge is 0.327 e. The van der Waals surface area contributed by atoms with E-state index in [0.717, 1.165) is 29.1 Å². The molecule has 1 heterocycles. The second kappa shape index (κ2) is 9.18. The van der Waals surface area contributed by atoms with Crippen molar-refractivity contribution in [3.63, 3.8) is 0 Å². The summed E-state index contributed by atoms with van der Waals surface area (Å²) >= 11 is 1.46. The van der Waals surface area contributed by atoms with Crippen LogP contribution in [0.3, 0.4) is 0 Å². The van der Waals surface area contributed by atoms with Crippen molar-refractivity contribution in [3.8, 4) is 0 Å². The maximum Gasteiger partial charge on any atom is 0.249 e. The van der Waals surface area contributed by atoms with Crippen LogP contribution >= 0.6 is 12.1 Å². The Morgan fingerprint density at radius 1 is 1.35 bits per heavy atom. The number of imidazole rings is 1. The first kappa shape index (κ1) is 23.6. The maximum atomic E-state index is 13.6. The zero-order chi connectivity index (χ0) is 22.8. The quantitative estimate of drug-likeness (QED) is 0.259. The van der Waals surface area contributed by atoms with Crippen LogP contribution in [-0.4, -0.2) is 40.5 Å². The van der Waals surface area contributed by atoms with E-state index in [1.54, 1.807) is 6.20 Å². The summed E-state index contributed by atoms with van der Waals surface area (Å²) in [6.45, 7) is 10.9. The summed E-state index contributed by atoms with van der Waals surface area (Å²) in [5, 5.41) is 0. The molecule has 2 aromatic rings. The number of halogens is 2. The van der Waals surface area contributed by atoms with Gasteiger partial charge in [0, 0.05) is 31.8 Å². The second-order valence-corrected chi connectivity index (χ2v) is 10.4. The van der Waals surface area contributed by atoms with Gasteiger partial charge in [0.2, 0.25) is 12.3 Å². The number of hydrogen-bond acceptors (Lipinski definition) is 3. The Morgan fingerprint density at radius 2 is 2.03 bits per heavy atom. The van der Waals surface area contributed by atoms with Crippen molar-refractivity contribution in [1.82, 2.24) is 14.3 Å². The molecule has 0 amide bonds. The Balaban J connectivity index is 1.85. The standard InChI is InChI=1S/C23H33F2N5S/c1-7-28(5)16-26-31-29(6)18-8-9-20-19(14-18)27-21(22(2,3)4)30(20)15-17-10-12-23(24,25)13-11-17/h7-9,14,16-17H,1,10-13,15H2,2-6H3/p+1. The van der Waals surface area contributed by atoms with Gasteiger partial charge in [-0.3, -0.25) is 4.31 Å². The molecule has 1 aromatic heterocycles. The van der Waals surface area contributed by atoms with Gasteiger partial charge in [0.05, 0.1) is 30.0 Å². The third kappa shape index (κ3) is 5.79. The number of anilines is 1. The predicted molar refractivity (Wildman–Crippen MR) is 127 cm³/mol. The fraction of sp³-hybridized carbons (Fsp3) is 0.565. The molecular formula is C23H34F2N5S+. The molecule has 0 aliphatic heterocycles. The molecule has 170 valence electrons. The minimum atomic E-state index is -2.50. The van der Waals surface area contributed by atoms with E-state index in [0.29, 0.717) is 12.8 Å². The zero-order valence-corrected chi connectivity index (χ0v) is 20.0. The lowest BCUT2D eigenvalue weighted by molar-refractivity contribution is -0.417. The molecule has 31 heavy (non-hydrogen) atoms. The van der Waals surface area contributed by atoms with E-state index in [4.69, 9.17) is 4.98 Å². The number of nitrogens with one attached hydrogen (secondary N) is 1. The topological polar surface area (TPSA) is 36.1 Å². The first-order valence-corrected chi connectivity index (χ1v) is 11.5. The number of nitrogens with zero attached hydrogens (tertiary/aromatic N) is 4. The van der Waals surface area contributed by atoms with Crippen LogP contribution < -0.4 is 9.03 Å². The highest BCUT2D eigenvalue weighted by atomic mass is 32.2. The van der Waals surface area contributed by atoms with Crippen molar-refractivity contribution in [1.29, 1.82) is 0 Å². The summed E-state index contributed by atoms with van der Waals surface area (Å²) in [6.07, 6.45) is 4.66. The van der Waals surface area contributed by atoms with Gasteiger partial charge in [-0.2, -0.15) is 4.72 Å². The van der Waals surface area contributed by atoms with Crippen LogP contribution in [0.25, 0.3) is 11.0 Å². The third-order valence-electron chi connectivity index (χ3n) is 5.78. The van der Waals surface area contributed by atoms with E-state index in [1.807, 2.05) is 29.3 Å². The SMILES string of the molecule is C=C[N+](C)=CNSN(C)c1ccc2c(c1)nc(C(C)(C)C)n2CC1CCC(F)(F)CC1. The lowest BCUT2D eigenvalue weighted by atomic mass is 9.86. The van der Waals surface area contributed by atoms with Crippen molar-refractivity contribution >= 4 is 35.2 Å². The van der Waals surface area contributed by atoms with Crippen LogP contribution in [0.2, 0.25) is 0 Å². The summed E-state index contributed by atoms with van der Waals surface area (Å²) < 4.78 is 36.5. The summed E-state index contributed by atoms with van der Waals surface area (Å²) in [4.78, 5) is 4.97. The number of fused-ring (bicyclic) bond motifs is 1. The molecule has 0 unspecified atom stereocenters. The molecule has 1 fully saturated rings. The lowest BCUT2D eigenvalue weighted by Gasteiger charge is -2.30. The molecule has 1 aliphatic carbocycles. The Kier molecular flexibility index (Phi) is 6.98. The van der Waals surface area contributed by atoms with Crippen molar-refractivity contribution < 1.29 is 13.4 Å². The predicted octanol–water partition coefficient (Wildman–Crippen LogP) is 5.56. The van der Waals surface area contributed by atoms with Gasteiger partial charge in [0.1, 0.15) is 5.82 Å². The lowest BCUT2D eigenvalue weighted by Crippen LogP contribution is -2.28. The molecule has 1 aromatic carbocycles. The molecule has 1 saturated carbocycles. The molecule has 0 spiro atoms. The zero-order valence-electron chi connectivity index (χ0n) is 19.2. The van der Waals surface area contributed by atoms with Gasteiger partial charge < -0.3 is 4.57 Å². The van der Waals surface area contributed by atoms with Crippen LogP contribution in [0.1, 0.15) is 52.3 Å². The normalized spacial score (nSPS) is 17.7. The van der Waals surface area contributed by atoms with Crippen LogP contribution in [-0.2, 0) is 12.0 Å². The smallest absolute Gasteiger partial charge is 0.249 e. The molecule has 0 atom stereocenters. The maximum absolute atomic E-state index is 13.6. The van der Waals surface area contributed by atoms with E-state index in [1.165, 1.54) is 12.1 Å². The molecule has 0 radical (unpaired) electrons. The van der Waals surface area contributed by atoms with Crippen molar-refractivity contribution in [2.24, 2.45) is 5.92 Å². The molecule has 5 nitrogen and oxygen atoms in total. The number of hydrogen-bond donors (Lipinski definition) is 1. The number of benzene rings is 1. The monoisotopic (exact) mass is 450 g/mol. The highest BCUT2D eigenvalue weighted by Crippen LogP contribution is 2.38. The fourth-order valence-electron chi connectivity index (χ4n) is 3.90. The Bertz CT molecular complexity index is 951. The van der Waals surface area contributed by atoms with Gasteiger partial charge in [-0.1, -0.05) is 27.4 Å². The first-order chi connectivity index (χ1) is 14.5. The Labute approximate surface area is 188 Å². The van der Waals surface area contributed by atoms with Gasteiger partial charge in [-0.25, -0.2) is 18.3 Å². The molecule has 1 N–H and O–H groups in total. The highest BCUT2D eigenvalue weighted by molar-refractivity contribution is 7.99. The van der Waals surface area contributed by atoms with Gasteiger partial charge in [0.25, 0.3) is 0 Å². The van der Waals surface area contributed by atoms with Gasteiger partial charge in [0.15, 0.2) is 12.1 Å². The Morgan fingerprint density at radius 3 is 2.65 bits per heavy atom. The van der Waals surface area contributed by atoms with E-state index < -0.39 is 5.92 Å². The van der Waals surface area contributed by atoms with Crippen molar-refractivity contribution in [3.05, 3.63) is 36.8 Å². The minimum absolute atomic E-state index is 0.00757. The Hall–Kier alpha value is -2.09. The second-order valence-electron chi connectivity index (χ2n) is 9.45. The number of rotatable bonds is 7. The van der Waals surface area contributed by atoms with Crippen molar-refractivity contribution in [2.45, 2.75) is 64.3 Å². The fourth-order valence-corrected chi connectivity index (χ4v) is 4.49. The highest BCUT2D eigenvalue weighted by Gasteiger charge is 2.35. The summed E-state index contributed by atoms with van der Waals surface area (Å²) in [7, 11) is 3.89. The molecule has 1 aliphatic rings.